The van der Waals surface area contributed by atoms with Crippen LogP contribution in [0.4, 0.5) is 5.69 Å². The Morgan fingerprint density at radius 2 is 2.20 bits per heavy atom. The summed E-state index contributed by atoms with van der Waals surface area (Å²) in [5, 5.41) is 0.655. The molecule has 1 unspecified atom stereocenters. The van der Waals surface area contributed by atoms with E-state index in [1.807, 2.05) is 6.92 Å². The molecule has 2 rings (SSSR count). The summed E-state index contributed by atoms with van der Waals surface area (Å²) in [6, 6.07) is 5.04. The number of benzene rings is 1. The van der Waals surface area contributed by atoms with Gasteiger partial charge in [0.1, 0.15) is 4.90 Å². The third-order valence-corrected chi connectivity index (χ3v) is 5.66. The van der Waals surface area contributed by atoms with Crippen molar-refractivity contribution in [3.05, 3.63) is 24.4 Å². The van der Waals surface area contributed by atoms with Crippen molar-refractivity contribution in [3.63, 3.8) is 0 Å². The van der Waals surface area contributed by atoms with E-state index < -0.39 is 10.0 Å². The zero-order valence-electron chi connectivity index (χ0n) is 11.5. The Hall–Kier alpha value is -1.18. The minimum absolute atomic E-state index is 0.108. The van der Waals surface area contributed by atoms with Gasteiger partial charge < -0.3 is 10.7 Å². The zero-order valence-corrected chi connectivity index (χ0v) is 13.1. The van der Waals surface area contributed by atoms with Gasteiger partial charge in [0.05, 0.1) is 0 Å². The summed E-state index contributed by atoms with van der Waals surface area (Å²) in [7, 11) is -3.52. The molecule has 5 nitrogen and oxygen atoms in total. The molecule has 0 amide bonds. The van der Waals surface area contributed by atoms with Crippen LogP contribution in [0, 0.1) is 0 Å². The Morgan fingerprint density at radius 3 is 2.90 bits per heavy atom. The van der Waals surface area contributed by atoms with Gasteiger partial charge in [-0.15, -0.1) is 0 Å². The Kier molecular flexibility index (Phi) is 4.62. The average molecular weight is 313 g/mol. The first-order valence-electron chi connectivity index (χ1n) is 6.40. The molecule has 4 N–H and O–H groups in total. The quantitative estimate of drug-likeness (QED) is 0.713. The summed E-state index contributed by atoms with van der Waals surface area (Å²) in [4.78, 5) is 3.21. The van der Waals surface area contributed by atoms with Crippen molar-refractivity contribution in [2.75, 3.05) is 17.2 Å². The molecule has 110 valence electrons. The van der Waals surface area contributed by atoms with Crippen molar-refractivity contribution < 1.29 is 8.42 Å². The van der Waals surface area contributed by atoms with Gasteiger partial charge in [0, 0.05) is 34.6 Å². The highest BCUT2D eigenvalue weighted by Gasteiger charge is 2.21. The summed E-state index contributed by atoms with van der Waals surface area (Å²) >= 11 is 1.71. The molecule has 20 heavy (non-hydrogen) atoms. The maximum atomic E-state index is 12.4. The molecule has 0 aliphatic carbocycles. The van der Waals surface area contributed by atoms with Gasteiger partial charge in [-0.25, -0.2) is 13.1 Å². The van der Waals surface area contributed by atoms with Crippen LogP contribution in [0.2, 0.25) is 0 Å². The van der Waals surface area contributed by atoms with Crippen LogP contribution in [-0.4, -0.2) is 30.9 Å². The third-order valence-electron chi connectivity index (χ3n) is 2.89. The molecule has 0 aliphatic rings. The zero-order chi connectivity index (χ0) is 14.8. The molecule has 0 bridgehead atoms. The maximum Gasteiger partial charge on any atom is 0.242 e. The molecule has 0 radical (unpaired) electrons. The van der Waals surface area contributed by atoms with E-state index >= 15 is 0 Å². The minimum atomic E-state index is -3.52. The van der Waals surface area contributed by atoms with E-state index in [4.69, 9.17) is 5.73 Å². The van der Waals surface area contributed by atoms with E-state index in [9.17, 15) is 8.42 Å². The number of hydrogen-bond donors (Lipinski definition) is 3. The highest BCUT2D eigenvalue weighted by Crippen LogP contribution is 2.24. The van der Waals surface area contributed by atoms with Crippen LogP contribution in [0.25, 0.3) is 10.9 Å². The maximum absolute atomic E-state index is 12.4. The van der Waals surface area contributed by atoms with Gasteiger partial charge >= 0.3 is 0 Å². The van der Waals surface area contributed by atoms with Gasteiger partial charge in [-0.05, 0) is 30.9 Å². The highest BCUT2D eigenvalue weighted by atomic mass is 32.2. The second-order valence-electron chi connectivity index (χ2n) is 4.64. The summed E-state index contributed by atoms with van der Waals surface area (Å²) in [5.74, 6) is 1.73. The molecule has 1 heterocycles. The molecule has 0 saturated carbocycles. The minimum Gasteiger partial charge on any atom is -0.399 e. The van der Waals surface area contributed by atoms with Crippen molar-refractivity contribution in [1.82, 2.24) is 9.71 Å². The van der Waals surface area contributed by atoms with Crippen LogP contribution in [0.15, 0.2) is 29.3 Å². The number of sulfonamides is 1. The predicted octanol–water partition coefficient (Wildman–Crippen LogP) is 2.17. The summed E-state index contributed by atoms with van der Waals surface area (Å²) < 4.78 is 27.5. The second-order valence-corrected chi connectivity index (χ2v) is 7.64. The van der Waals surface area contributed by atoms with Gasteiger partial charge in [-0.2, -0.15) is 11.8 Å². The second kappa shape index (κ2) is 6.07. The number of rotatable bonds is 6. The molecular weight excluding hydrogens is 294 g/mol. The van der Waals surface area contributed by atoms with Crippen molar-refractivity contribution in [2.45, 2.75) is 24.8 Å². The van der Waals surface area contributed by atoms with Crippen LogP contribution < -0.4 is 10.5 Å². The molecular formula is C13H19N3O2S2. The SMILES string of the molecule is CCSCC(C)NS(=O)(=O)c1c[nH]c2cc(N)ccc12. The molecule has 0 aliphatic heterocycles. The number of thioether (sulfide) groups is 1. The van der Waals surface area contributed by atoms with Crippen LogP contribution >= 0.6 is 11.8 Å². The van der Waals surface area contributed by atoms with Crippen molar-refractivity contribution in [1.29, 1.82) is 0 Å². The van der Waals surface area contributed by atoms with Gasteiger partial charge in [-0.3, -0.25) is 0 Å². The molecule has 2 aromatic rings. The van der Waals surface area contributed by atoms with Crippen molar-refractivity contribution in [3.8, 4) is 0 Å². The highest BCUT2D eigenvalue weighted by molar-refractivity contribution is 7.99. The van der Waals surface area contributed by atoms with Crippen LogP contribution in [-0.2, 0) is 10.0 Å². The predicted molar refractivity (Wildman–Crippen MR) is 85.5 cm³/mol. The first-order valence-corrected chi connectivity index (χ1v) is 9.04. The van der Waals surface area contributed by atoms with Gasteiger partial charge in [0.25, 0.3) is 0 Å². The van der Waals surface area contributed by atoms with E-state index in [1.54, 1.807) is 30.0 Å². The van der Waals surface area contributed by atoms with Gasteiger partial charge in [-0.1, -0.05) is 6.92 Å². The molecule has 0 fully saturated rings. The molecule has 0 spiro atoms. The molecule has 7 heteroatoms. The number of nitrogen functional groups attached to an aromatic ring is 1. The van der Waals surface area contributed by atoms with E-state index in [1.165, 1.54) is 6.20 Å². The lowest BCUT2D eigenvalue weighted by Crippen LogP contribution is -2.34. The summed E-state index contributed by atoms with van der Waals surface area (Å²) in [6.45, 7) is 3.92. The van der Waals surface area contributed by atoms with Gasteiger partial charge in [0.2, 0.25) is 10.0 Å². The Bertz CT molecular complexity index is 695. The van der Waals surface area contributed by atoms with E-state index in [0.29, 0.717) is 11.1 Å². The number of fused-ring (bicyclic) bond motifs is 1. The number of nitrogens with one attached hydrogen (secondary N) is 2. The third kappa shape index (κ3) is 3.28. The largest absolute Gasteiger partial charge is 0.399 e. The van der Waals surface area contributed by atoms with Gasteiger partial charge in [0.15, 0.2) is 0 Å². The fourth-order valence-electron chi connectivity index (χ4n) is 2.00. The molecule has 1 atom stereocenters. The Balaban J connectivity index is 2.28. The van der Waals surface area contributed by atoms with Crippen LogP contribution in [0.5, 0.6) is 0 Å². The summed E-state index contributed by atoms with van der Waals surface area (Å²) in [6.07, 6.45) is 1.51. The topological polar surface area (TPSA) is 88.0 Å². The fourth-order valence-corrected chi connectivity index (χ4v) is 4.20. The lowest BCUT2D eigenvalue weighted by atomic mass is 10.2. The lowest BCUT2D eigenvalue weighted by Gasteiger charge is -2.13. The summed E-state index contributed by atoms with van der Waals surface area (Å²) in [5.41, 5.74) is 7.01. The Labute approximate surface area is 123 Å². The van der Waals surface area contributed by atoms with Crippen molar-refractivity contribution in [2.24, 2.45) is 0 Å². The standard InChI is InChI=1S/C13H19N3O2S2/c1-3-19-8-9(2)16-20(17,18)13-7-15-12-6-10(14)4-5-11(12)13/h4-7,9,15-16H,3,8,14H2,1-2H3. The van der Waals surface area contributed by atoms with E-state index in [2.05, 4.69) is 16.6 Å². The van der Waals surface area contributed by atoms with Crippen molar-refractivity contribution >= 4 is 38.4 Å². The molecule has 1 aromatic carbocycles. The van der Waals surface area contributed by atoms with Crippen LogP contribution in [0.3, 0.4) is 0 Å². The number of hydrogen-bond acceptors (Lipinski definition) is 4. The molecule has 1 aromatic heterocycles. The average Bonchev–Trinajstić information content (AvgIpc) is 2.79. The smallest absolute Gasteiger partial charge is 0.242 e. The lowest BCUT2D eigenvalue weighted by molar-refractivity contribution is 0.572. The number of nitrogens with two attached hydrogens (primary N) is 1. The number of aromatic nitrogens is 1. The number of aromatic amines is 1. The van der Waals surface area contributed by atoms with E-state index in [-0.39, 0.29) is 10.9 Å². The molecule has 0 saturated heterocycles. The van der Waals surface area contributed by atoms with E-state index in [0.717, 1.165) is 17.0 Å². The first-order chi connectivity index (χ1) is 9.44. The normalized spacial score (nSPS) is 13.7. The first kappa shape index (κ1) is 15.2. The fraction of sp³-hybridized carbons (Fsp3) is 0.385. The number of H-pyrrole nitrogens is 1. The monoisotopic (exact) mass is 313 g/mol. The van der Waals surface area contributed by atoms with Crippen LogP contribution in [0.1, 0.15) is 13.8 Å². The number of anilines is 1. The Morgan fingerprint density at radius 1 is 1.45 bits per heavy atom.